The maximum Gasteiger partial charge on any atom is 0.336 e. The molecule has 30 heavy (non-hydrogen) atoms. The molecule has 1 N–H and O–H groups in total. The van der Waals surface area contributed by atoms with Gasteiger partial charge < -0.3 is 10.0 Å². The molecule has 0 fully saturated rings. The molecular weight excluding hydrogens is 441 g/mol. The van der Waals surface area contributed by atoms with Gasteiger partial charge in [0.05, 0.1) is 17.2 Å². The molecule has 3 aromatic rings. The van der Waals surface area contributed by atoms with Crippen molar-refractivity contribution in [3.8, 4) is 0 Å². The number of aryl methyl sites for hydroxylation is 1. The highest BCUT2D eigenvalue weighted by Crippen LogP contribution is 2.41. The van der Waals surface area contributed by atoms with E-state index in [1.807, 2.05) is 30.5 Å². The molecule has 0 saturated carbocycles. The topological polar surface area (TPSA) is 57.6 Å². The quantitative estimate of drug-likeness (QED) is 0.510. The van der Waals surface area contributed by atoms with E-state index in [4.69, 9.17) is 23.2 Å². The third-order valence-corrected chi connectivity index (χ3v) is 7.42. The molecule has 2 aromatic carbocycles. The second-order valence-corrected chi connectivity index (χ2v) is 9.13. The van der Waals surface area contributed by atoms with Gasteiger partial charge in [-0.25, -0.2) is 4.79 Å². The molecule has 1 unspecified atom stereocenters. The van der Waals surface area contributed by atoms with Crippen molar-refractivity contribution in [2.24, 2.45) is 0 Å². The summed E-state index contributed by atoms with van der Waals surface area (Å²) in [7, 11) is 0. The summed E-state index contributed by atoms with van der Waals surface area (Å²) in [5.41, 5.74) is 3.72. The van der Waals surface area contributed by atoms with Crippen molar-refractivity contribution in [2.45, 2.75) is 26.3 Å². The van der Waals surface area contributed by atoms with Crippen LogP contribution >= 0.6 is 34.5 Å². The van der Waals surface area contributed by atoms with Gasteiger partial charge in [0.15, 0.2) is 0 Å². The number of carboxylic acids is 1. The first kappa shape index (κ1) is 20.9. The lowest BCUT2D eigenvalue weighted by Gasteiger charge is -2.37. The Bertz CT molecular complexity index is 1170. The van der Waals surface area contributed by atoms with E-state index in [9.17, 15) is 14.7 Å². The number of thiophene rings is 1. The number of carboxylic acid groups (broad SMARTS) is 1. The van der Waals surface area contributed by atoms with Crippen LogP contribution < -0.4 is 0 Å². The largest absolute Gasteiger partial charge is 0.478 e. The minimum atomic E-state index is -1.15. The van der Waals surface area contributed by atoms with Crippen LogP contribution in [0.3, 0.4) is 0 Å². The number of hydrogen-bond donors (Lipinski definition) is 1. The van der Waals surface area contributed by atoms with Crippen molar-refractivity contribution in [3.63, 3.8) is 0 Å². The molecule has 0 aliphatic carbocycles. The maximum absolute atomic E-state index is 13.7. The predicted molar refractivity (Wildman–Crippen MR) is 120 cm³/mol. The highest BCUT2D eigenvalue weighted by Gasteiger charge is 2.36. The molecule has 0 radical (unpaired) electrons. The molecule has 0 spiro atoms. The van der Waals surface area contributed by atoms with E-state index in [0.29, 0.717) is 28.6 Å². The van der Waals surface area contributed by atoms with Crippen LogP contribution in [0.5, 0.6) is 0 Å². The molecule has 154 valence electrons. The van der Waals surface area contributed by atoms with Crippen molar-refractivity contribution in [1.82, 2.24) is 4.90 Å². The molecule has 1 aromatic heterocycles. The number of aromatic carboxylic acids is 1. The number of carbonyl (C=O) groups excluding carboxylic acids is 1. The Morgan fingerprint density at radius 1 is 1.10 bits per heavy atom. The summed E-state index contributed by atoms with van der Waals surface area (Å²) in [5, 5.41) is 12.7. The number of nitrogens with zero attached hydrogens (tertiary/aromatic N) is 1. The summed E-state index contributed by atoms with van der Waals surface area (Å²) in [5.74, 6) is -1.50. The molecule has 0 saturated heterocycles. The number of hydrogen-bond acceptors (Lipinski definition) is 3. The summed E-state index contributed by atoms with van der Waals surface area (Å²) in [6.45, 7) is 4.14. The normalized spacial score (nSPS) is 15.7. The third-order valence-electron chi connectivity index (χ3n) is 5.59. The molecule has 1 aliphatic rings. The van der Waals surface area contributed by atoms with E-state index in [1.54, 1.807) is 23.2 Å². The van der Waals surface area contributed by atoms with Crippen molar-refractivity contribution in [1.29, 1.82) is 0 Å². The van der Waals surface area contributed by atoms with Crippen LogP contribution in [0.2, 0.25) is 10.0 Å². The Morgan fingerprint density at radius 2 is 1.87 bits per heavy atom. The fraction of sp³-hybridized carbons (Fsp3) is 0.217. The van der Waals surface area contributed by atoms with Gasteiger partial charge in [-0.05, 0) is 72.2 Å². The monoisotopic (exact) mass is 459 g/mol. The zero-order valence-corrected chi connectivity index (χ0v) is 18.7. The SMILES string of the molecule is Cc1cc(C(=O)O)c(C(=O)N2CCc3ccsc3C2c2cccc(Cl)c2C)cc1Cl. The van der Waals surface area contributed by atoms with Gasteiger partial charge in [-0.3, -0.25) is 4.79 Å². The van der Waals surface area contributed by atoms with Crippen molar-refractivity contribution >= 4 is 46.4 Å². The van der Waals surface area contributed by atoms with Crippen LogP contribution in [0.1, 0.15) is 53.9 Å². The van der Waals surface area contributed by atoms with Crippen molar-refractivity contribution in [2.75, 3.05) is 6.54 Å². The minimum Gasteiger partial charge on any atom is -0.478 e. The van der Waals surface area contributed by atoms with E-state index >= 15 is 0 Å². The molecule has 1 aliphatic heterocycles. The Labute approximate surface area is 188 Å². The van der Waals surface area contributed by atoms with Crippen molar-refractivity contribution in [3.05, 3.63) is 90.1 Å². The number of halogens is 2. The molecule has 1 amide bonds. The van der Waals surface area contributed by atoms with E-state index in [-0.39, 0.29) is 23.1 Å². The lowest BCUT2D eigenvalue weighted by molar-refractivity contribution is 0.0654. The summed E-state index contributed by atoms with van der Waals surface area (Å²) in [6.07, 6.45) is 0.711. The Kier molecular flexibility index (Phi) is 5.62. The zero-order valence-electron chi connectivity index (χ0n) is 16.4. The number of fused-ring (bicyclic) bond motifs is 1. The number of benzene rings is 2. The Hall–Kier alpha value is -2.34. The summed E-state index contributed by atoms with van der Waals surface area (Å²) < 4.78 is 0. The second-order valence-electron chi connectivity index (χ2n) is 7.37. The average molecular weight is 460 g/mol. The molecule has 4 rings (SSSR count). The predicted octanol–water partition coefficient (Wildman–Crippen LogP) is 6.16. The van der Waals surface area contributed by atoms with Gasteiger partial charge in [0.1, 0.15) is 0 Å². The van der Waals surface area contributed by atoms with Crippen LogP contribution in [0, 0.1) is 13.8 Å². The van der Waals surface area contributed by atoms with E-state index < -0.39 is 5.97 Å². The molecule has 1 atom stereocenters. The first-order valence-corrected chi connectivity index (χ1v) is 11.1. The van der Waals surface area contributed by atoms with Gasteiger partial charge >= 0.3 is 5.97 Å². The third kappa shape index (κ3) is 3.51. The standard InChI is InChI=1S/C23H19Cl2NO3S/c1-12-10-17(23(28)29)16(11-19(12)25)22(27)26-8-6-14-7-9-30-21(14)20(26)15-4-3-5-18(24)13(15)2/h3-5,7,9-11,20H,6,8H2,1-2H3,(H,28,29). The Balaban J connectivity index is 1.88. The first-order chi connectivity index (χ1) is 14.3. The maximum atomic E-state index is 13.7. The number of rotatable bonds is 3. The zero-order chi connectivity index (χ0) is 21.6. The molecular formula is C23H19Cl2NO3S. The van der Waals surface area contributed by atoms with Crippen LogP contribution in [0.4, 0.5) is 0 Å². The molecule has 7 heteroatoms. The van der Waals surface area contributed by atoms with E-state index in [0.717, 1.165) is 16.0 Å². The smallest absolute Gasteiger partial charge is 0.336 e. The highest BCUT2D eigenvalue weighted by molar-refractivity contribution is 7.10. The van der Waals surface area contributed by atoms with Gasteiger partial charge in [-0.15, -0.1) is 11.3 Å². The molecule has 4 nitrogen and oxygen atoms in total. The fourth-order valence-electron chi connectivity index (χ4n) is 3.94. The number of carbonyl (C=O) groups is 2. The summed E-state index contributed by atoms with van der Waals surface area (Å²) in [4.78, 5) is 28.3. The molecule has 2 heterocycles. The Morgan fingerprint density at radius 3 is 2.60 bits per heavy atom. The minimum absolute atomic E-state index is 0.0413. The van der Waals surface area contributed by atoms with Crippen LogP contribution in [-0.2, 0) is 6.42 Å². The van der Waals surface area contributed by atoms with Crippen LogP contribution in [-0.4, -0.2) is 28.4 Å². The van der Waals surface area contributed by atoms with Gasteiger partial charge in [0.2, 0.25) is 0 Å². The van der Waals surface area contributed by atoms with Crippen LogP contribution in [0.25, 0.3) is 0 Å². The van der Waals surface area contributed by atoms with Crippen molar-refractivity contribution < 1.29 is 14.7 Å². The summed E-state index contributed by atoms with van der Waals surface area (Å²) in [6, 6.07) is 10.4. The lowest BCUT2D eigenvalue weighted by atomic mass is 9.91. The first-order valence-electron chi connectivity index (χ1n) is 9.45. The molecule has 0 bridgehead atoms. The van der Waals surface area contributed by atoms with E-state index in [1.165, 1.54) is 17.7 Å². The number of amides is 1. The second kappa shape index (κ2) is 8.06. The van der Waals surface area contributed by atoms with Crippen LogP contribution in [0.15, 0.2) is 41.8 Å². The highest BCUT2D eigenvalue weighted by atomic mass is 35.5. The van der Waals surface area contributed by atoms with E-state index in [2.05, 4.69) is 6.07 Å². The summed E-state index contributed by atoms with van der Waals surface area (Å²) >= 11 is 14.2. The van der Waals surface area contributed by atoms with Gasteiger partial charge in [-0.1, -0.05) is 35.3 Å². The van der Waals surface area contributed by atoms with Gasteiger partial charge in [-0.2, -0.15) is 0 Å². The average Bonchev–Trinajstić information content (AvgIpc) is 3.19. The van der Waals surface area contributed by atoms with Gasteiger partial charge in [0, 0.05) is 21.5 Å². The van der Waals surface area contributed by atoms with Gasteiger partial charge in [0.25, 0.3) is 5.91 Å². The fourth-order valence-corrected chi connectivity index (χ4v) is 5.37. The lowest BCUT2D eigenvalue weighted by Crippen LogP contribution is -2.40.